The van der Waals surface area contributed by atoms with Gasteiger partial charge in [-0.1, -0.05) is 20.8 Å². The third-order valence-electron chi connectivity index (χ3n) is 2.57. The highest BCUT2D eigenvalue weighted by atomic mass is 32.2. The van der Waals surface area contributed by atoms with Crippen molar-refractivity contribution in [1.29, 1.82) is 0 Å². The third-order valence-corrected chi connectivity index (χ3v) is 4.81. The molecule has 1 aliphatic rings. The minimum Gasteiger partial charge on any atom is -0.315 e. The van der Waals surface area contributed by atoms with Crippen molar-refractivity contribution in [2.24, 2.45) is 5.41 Å². The molecule has 1 heterocycles. The summed E-state index contributed by atoms with van der Waals surface area (Å²) >= 11 is 0. The van der Waals surface area contributed by atoms with Gasteiger partial charge >= 0.3 is 0 Å². The molecule has 1 saturated heterocycles. The normalized spacial score (nSPS) is 23.7. The molecule has 15 heavy (non-hydrogen) atoms. The Balaban J connectivity index is 2.68. The van der Waals surface area contributed by atoms with E-state index in [-0.39, 0.29) is 10.7 Å². The lowest BCUT2D eigenvalue weighted by atomic mass is 9.97. The Bertz CT molecular complexity index is 300. The SMILES string of the molecule is CN(CC(C)(C)C)S(=O)(=O)C1CCNC1. The molecular formula is C10H22N2O2S. The van der Waals surface area contributed by atoms with Crippen molar-refractivity contribution in [3.63, 3.8) is 0 Å². The van der Waals surface area contributed by atoms with Gasteiger partial charge in [-0.15, -0.1) is 0 Å². The van der Waals surface area contributed by atoms with Gasteiger partial charge in [0.25, 0.3) is 0 Å². The number of hydrogen-bond acceptors (Lipinski definition) is 3. The largest absolute Gasteiger partial charge is 0.315 e. The number of nitrogens with one attached hydrogen (secondary N) is 1. The summed E-state index contributed by atoms with van der Waals surface area (Å²) in [5.41, 5.74) is 0.00779. The lowest BCUT2D eigenvalue weighted by molar-refractivity contribution is 0.308. The van der Waals surface area contributed by atoms with Gasteiger partial charge in [-0.25, -0.2) is 12.7 Å². The summed E-state index contributed by atoms with van der Waals surface area (Å²) in [6.45, 7) is 8.12. The standard InChI is InChI=1S/C10H22N2O2S/c1-10(2,3)8-12(4)15(13,14)9-5-6-11-7-9/h9,11H,5-8H2,1-4H3. The quantitative estimate of drug-likeness (QED) is 0.780. The highest BCUT2D eigenvalue weighted by molar-refractivity contribution is 7.89. The van der Waals surface area contributed by atoms with Crippen LogP contribution in [0.25, 0.3) is 0 Å². The van der Waals surface area contributed by atoms with Crippen LogP contribution in [0.2, 0.25) is 0 Å². The first kappa shape index (κ1) is 12.9. The van der Waals surface area contributed by atoms with Crippen molar-refractivity contribution in [2.75, 3.05) is 26.7 Å². The Morgan fingerprint density at radius 2 is 2.00 bits per heavy atom. The van der Waals surface area contributed by atoms with Gasteiger partial charge in [0.2, 0.25) is 10.0 Å². The van der Waals surface area contributed by atoms with Gasteiger partial charge in [-0.2, -0.15) is 0 Å². The Labute approximate surface area is 93.1 Å². The van der Waals surface area contributed by atoms with Gasteiger partial charge in [-0.3, -0.25) is 0 Å². The van der Waals surface area contributed by atoms with Crippen LogP contribution in [0.1, 0.15) is 27.2 Å². The molecule has 0 aromatic rings. The molecule has 0 aliphatic carbocycles. The molecule has 5 heteroatoms. The van der Waals surface area contributed by atoms with E-state index in [2.05, 4.69) is 5.32 Å². The third kappa shape index (κ3) is 3.43. The van der Waals surface area contributed by atoms with Gasteiger partial charge in [0.15, 0.2) is 0 Å². The number of nitrogens with zero attached hydrogens (tertiary/aromatic N) is 1. The summed E-state index contributed by atoms with van der Waals surface area (Å²) in [6.07, 6.45) is 0.733. The van der Waals surface area contributed by atoms with Crippen molar-refractivity contribution in [3.8, 4) is 0 Å². The molecular weight excluding hydrogens is 212 g/mol. The van der Waals surface area contributed by atoms with Gasteiger partial charge in [0.05, 0.1) is 5.25 Å². The van der Waals surface area contributed by atoms with E-state index in [0.717, 1.165) is 13.0 Å². The fraction of sp³-hybridized carbons (Fsp3) is 1.00. The molecule has 0 aromatic carbocycles. The van der Waals surface area contributed by atoms with Crippen LogP contribution in [0.4, 0.5) is 0 Å². The van der Waals surface area contributed by atoms with Crippen molar-refractivity contribution in [1.82, 2.24) is 9.62 Å². The Morgan fingerprint density at radius 3 is 2.40 bits per heavy atom. The molecule has 1 atom stereocenters. The van der Waals surface area contributed by atoms with Crippen LogP contribution < -0.4 is 5.32 Å². The second kappa shape index (κ2) is 4.39. The summed E-state index contributed by atoms with van der Waals surface area (Å²) in [5, 5.41) is 2.86. The molecule has 1 unspecified atom stereocenters. The molecule has 1 N–H and O–H groups in total. The average molecular weight is 234 g/mol. The van der Waals surface area contributed by atoms with Crippen molar-refractivity contribution in [2.45, 2.75) is 32.4 Å². The van der Waals surface area contributed by atoms with E-state index in [9.17, 15) is 8.42 Å². The van der Waals surface area contributed by atoms with E-state index < -0.39 is 10.0 Å². The van der Waals surface area contributed by atoms with Crippen molar-refractivity contribution >= 4 is 10.0 Å². The van der Waals surface area contributed by atoms with E-state index in [1.165, 1.54) is 4.31 Å². The van der Waals surface area contributed by atoms with Gasteiger partial charge in [0.1, 0.15) is 0 Å². The predicted octanol–water partition coefficient (Wildman–Crippen LogP) is 0.656. The predicted molar refractivity (Wildman–Crippen MR) is 62.3 cm³/mol. The van der Waals surface area contributed by atoms with Crippen LogP contribution in [0, 0.1) is 5.41 Å². The second-order valence-electron chi connectivity index (χ2n) is 5.48. The van der Waals surface area contributed by atoms with Crippen molar-refractivity contribution in [3.05, 3.63) is 0 Å². The molecule has 4 nitrogen and oxygen atoms in total. The Kier molecular flexibility index (Phi) is 3.79. The maximum Gasteiger partial charge on any atom is 0.218 e. The Hall–Kier alpha value is -0.130. The monoisotopic (exact) mass is 234 g/mol. The zero-order valence-corrected chi connectivity index (χ0v) is 10.9. The first-order valence-corrected chi connectivity index (χ1v) is 6.90. The fourth-order valence-corrected chi connectivity index (χ4v) is 3.72. The number of rotatable bonds is 3. The lowest BCUT2D eigenvalue weighted by Crippen LogP contribution is -2.41. The molecule has 1 aliphatic heterocycles. The maximum absolute atomic E-state index is 12.1. The maximum atomic E-state index is 12.1. The van der Waals surface area contributed by atoms with E-state index in [1.807, 2.05) is 20.8 Å². The topological polar surface area (TPSA) is 49.4 Å². The summed E-state index contributed by atoms with van der Waals surface area (Å²) in [4.78, 5) is 0. The first-order chi connectivity index (χ1) is 6.73. The molecule has 1 rings (SSSR count). The van der Waals surface area contributed by atoms with Crippen LogP contribution >= 0.6 is 0 Å². The molecule has 90 valence electrons. The van der Waals surface area contributed by atoms with Crippen LogP contribution in [-0.2, 0) is 10.0 Å². The van der Waals surface area contributed by atoms with Crippen molar-refractivity contribution < 1.29 is 8.42 Å². The van der Waals surface area contributed by atoms with E-state index in [1.54, 1.807) is 7.05 Å². The molecule has 0 bridgehead atoms. The number of sulfonamides is 1. The van der Waals surface area contributed by atoms with E-state index >= 15 is 0 Å². The minimum atomic E-state index is -3.10. The Morgan fingerprint density at radius 1 is 1.40 bits per heavy atom. The zero-order valence-electron chi connectivity index (χ0n) is 10.1. The molecule has 0 spiro atoms. The zero-order chi connectivity index (χ0) is 11.7. The lowest BCUT2D eigenvalue weighted by Gasteiger charge is -2.28. The van der Waals surface area contributed by atoms with Gasteiger partial charge < -0.3 is 5.32 Å². The smallest absolute Gasteiger partial charge is 0.218 e. The summed E-state index contributed by atoms with van der Waals surface area (Å²) in [6, 6.07) is 0. The fourth-order valence-electron chi connectivity index (χ4n) is 1.89. The molecule has 0 amide bonds. The molecule has 0 saturated carbocycles. The van der Waals surface area contributed by atoms with Crippen LogP contribution in [0.5, 0.6) is 0 Å². The van der Waals surface area contributed by atoms with Crippen LogP contribution in [0.3, 0.4) is 0 Å². The van der Waals surface area contributed by atoms with Gasteiger partial charge in [0, 0.05) is 20.1 Å². The van der Waals surface area contributed by atoms with Crippen LogP contribution in [-0.4, -0.2) is 44.7 Å². The minimum absolute atomic E-state index is 0.00779. The highest BCUT2D eigenvalue weighted by Crippen LogP contribution is 2.20. The van der Waals surface area contributed by atoms with E-state index in [4.69, 9.17) is 0 Å². The van der Waals surface area contributed by atoms with E-state index in [0.29, 0.717) is 13.1 Å². The molecule has 0 aromatic heterocycles. The molecule has 1 fully saturated rings. The number of hydrogen-bond donors (Lipinski definition) is 1. The summed E-state index contributed by atoms with van der Waals surface area (Å²) < 4.78 is 25.7. The van der Waals surface area contributed by atoms with Crippen LogP contribution in [0.15, 0.2) is 0 Å². The average Bonchev–Trinajstić information content (AvgIpc) is 2.52. The molecule has 0 radical (unpaired) electrons. The second-order valence-corrected chi connectivity index (χ2v) is 7.80. The summed E-state index contributed by atoms with van der Waals surface area (Å²) in [5.74, 6) is 0. The summed E-state index contributed by atoms with van der Waals surface area (Å²) in [7, 11) is -1.42. The first-order valence-electron chi connectivity index (χ1n) is 5.39. The highest BCUT2D eigenvalue weighted by Gasteiger charge is 2.33. The van der Waals surface area contributed by atoms with Gasteiger partial charge in [-0.05, 0) is 18.4 Å².